The predicted molar refractivity (Wildman–Crippen MR) is 41.2 cm³/mol. The summed E-state index contributed by atoms with van der Waals surface area (Å²) in [5, 5.41) is 0. The van der Waals surface area contributed by atoms with Crippen molar-refractivity contribution in [2.24, 2.45) is 0 Å². The number of benzene rings is 1. The lowest BCUT2D eigenvalue weighted by molar-refractivity contribution is -0.162. The van der Waals surface area contributed by atoms with Gasteiger partial charge in [0.1, 0.15) is 0 Å². The number of alkyl halides is 6. The molecule has 7 heteroatoms. The van der Waals surface area contributed by atoms with E-state index >= 15 is 0 Å². The van der Waals surface area contributed by atoms with Crippen molar-refractivity contribution in [1.82, 2.24) is 0 Å². The van der Waals surface area contributed by atoms with E-state index < -0.39 is 29.0 Å². The monoisotopic (exact) mass is 241 g/mol. The summed E-state index contributed by atoms with van der Waals surface area (Å²) in [6.45, 7) is 0. The topological polar surface area (TPSA) is 17.1 Å². The minimum absolute atomic E-state index is 0.268. The second-order valence-corrected chi connectivity index (χ2v) is 2.83. The number of carbonyl (C=O) groups excluding carboxylic acids is 1. The molecule has 0 spiro atoms. The van der Waals surface area contributed by atoms with Crippen LogP contribution in [0, 0.1) is 0 Å². The predicted octanol–water partition coefficient (Wildman–Crippen LogP) is 3.18. The van der Waals surface area contributed by atoms with E-state index in [1.807, 2.05) is 0 Å². The molecule has 0 unspecified atom stereocenters. The molecule has 0 N–H and O–H groups in total. The molecule has 16 heavy (non-hydrogen) atoms. The number of rotatable bonds is 1. The van der Waals surface area contributed by atoms with Crippen molar-refractivity contribution in [3.63, 3.8) is 0 Å². The molecular formula is C9H3F6O. The normalized spacial score (nSPS) is 12.6. The highest BCUT2D eigenvalue weighted by atomic mass is 19.4. The summed E-state index contributed by atoms with van der Waals surface area (Å²) >= 11 is 0. The van der Waals surface area contributed by atoms with E-state index in [9.17, 15) is 31.1 Å². The Morgan fingerprint density at radius 1 is 0.938 bits per heavy atom. The largest absolute Gasteiger partial charge is 0.417 e. The van der Waals surface area contributed by atoms with Gasteiger partial charge in [-0.1, -0.05) is 12.1 Å². The molecule has 0 fully saturated rings. The highest BCUT2D eigenvalue weighted by Gasteiger charge is 2.44. The van der Waals surface area contributed by atoms with Crippen LogP contribution in [0.1, 0.15) is 16.7 Å². The van der Waals surface area contributed by atoms with Crippen molar-refractivity contribution < 1.29 is 31.1 Å². The van der Waals surface area contributed by atoms with Gasteiger partial charge in [-0.15, -0.1) is 0 Å². The van der Waals surface area contributed by atoms with Crippen LogP contribution in [0.25, 0.3) is 0 Å². The van der Waals surface area contributed by atoms with Gasteiger partial charge in [-0.05, 0) is 6.07 Å². The van der Waals surface area contributed by atoms with Gasteiger partial charge in [0, 0.05) is 5.56 Å². The lowest BCUT2D eigenvalue weighted by Crippen LogP contribution is -2.18. The molecule has 1 nitrogen and oxygen atoms in total. The van der Waals surface area contributed by atoms with E-state index in [2.05, 4.69) is 0 Å². The first-order valence-electron chi connectivity index (χ1n) is 3.83. The van der Waals surface area contributed by atoms with Crippen LogP contribution in [0.5, 0.6) is 0 Å². The Balaban J connectivity index is 3.57. The van der Waals surface area contributed by atoms with E-state index in [4.69, 9.17) is 0 Å². The quantitative estimate of drug-likeness (QED) is 0.690. The van der Waals surface area contributed by atoms with Gasteiger partial charge in [0.2, 0.25) is 6.29 Å². The molecule has 0 heterocycles. The van der Waals surface area contributed by atoms with Crippen molar-refractivity contribution in [3.05, 3.63) is 34.9 Å². The van der Waals surface area contributed by atoms with Crippen molar-refractivity contribution >= 4 is 6.29 Å². The van der Waals surface area contributed by atoms with Crippen LogP contribution in [-0.2, 0) is 17.1 Å². The minimum atomic E-state index is -5.25. The van der Waals surface area contributed by atoms with Gasteiger partial charge in [-0.25, -0.2) is 0 Å². The standard InChI is InChI=1S/C9H3F6O/c10-8(11,12)6-3-1-2-5(4-16)7(6)9(13,14)15/h1-3H. The van der Waals surface area contributed by atoms with Crippen LogP contribution < -0.4 is 0 Å². The highest BCUT2D eigenvalue weighted by molar-refractivity contribution is 5.79. The maximum Gasteiger partial charge on any atom is 0.417 e. The third kappa shape index (κ3) is 2.34. The van der Waals surface area contributed by atoms with E-state index in [1.54, 1.807) is 0 Å². The Kier molecular flexibility index (Phi) is 2.98. The summed E-state index contributed by atoms with van der Waals surface area (Å²) in [7, 11) is 0. The molecule has 0 aromatic heterocycles. The van der Waals surface area contributed by atoms with Gasteiger partial charge in [0.25, 0.3) is 0 Å². The third-order valence-corrected chi connectivity index (χ3v) is 1.76. The summed E-state index contributed by atoms with van der Waals surface area (Å²) in [6, 6.07) is 1.62. The maximum absolute atomic E-state index is 12.3. The summed E-state index contributed by atoms with van der Waals surface area (Å²) in [6.07, 6.45) is -9.58. The summed E-state index contributed by atoms with van der Waals surface area (Å²) in [4.78, 5) is 10.2. The molecule has 87 valence electrons. The first-order valence-corrected chi connectivity index (χ1v) is 3.83. The Hall–Kier alpha value is -1.53. The van der Waals surface area contributed by atoms with Gasteiger partial charge < -0.3 is 0 Å². The summed E-state index contributed by atoms with van der Waals surface area (Å²) in [5.74, 6) is 0. The molecular weight excluding hydrogens is 238 g/mol. The van der Waals surface area contributed by atoms with Gasteiger partial charge in [0.05, 0.1) is 11.1 Å². The van der Waals surface area contributed by atoms with Crippen LogP contribution in [0.4, 0.5) is 26.3 Å². The van der Waals surface area contributed by atoms with Gasteiger partial charge in [-0.2, -0.15) is 26.3 Å². The van der Waals surface area contributed by atoms with Crippen molar-refractivity contribution in [3.8, 4) is 0 Å². The van der Waals surface area contributed by atoms with Crippen LogP contribution in [0.3, 0.4) is 0 Å². The molecule has 0 bridgehead atoms. The lowest BCUT2D eigenvalue weighted by atomic mass is 10.0. The number of hydrogen-bond acceptors (Lipinski definition) is 1. The Labute approximate surface area is 85.7 Å². The number of hydrogen-bond donors (Lipinski definition) is 0. The van der Waals surface area contributed by atoms with Crippen LogP contribution in [-0.4, -0.2) is 6.29 Å². The second kappa shape index (κ2) is 3.80. The molecule has 1 aromatic carbocycles. The Morgan fingerprint density at radius 3 is 1.88 bits per heavy atom. The zero-order valence-electron chi connectivity index (χ0n) is 7.41. The molecule has 0 aliphatic rings. The average Bonchev–Trinajstić information content (AvgIpc) is 2.13. The number of halogens is 6. The fraction of sp³-hybridized carbons (Fsp3) is 0.222. The van der Waals surface area contributed by atoms with E-state index in [1.165, 1.54) is 0 Å². The van der Waals surface area contributed by atoms with Crippen molar-refractivity contribution in [2.75, 3.05) is 0 Å². The fourth-order valence-corrected chi connectivity index (χ4v) is 1.18. The van der Waals surface area contributed by atoms with Crippen LogP contribution in [0.2, 0.25) is 0 Å². The average molecular weight is 241 g/mol. The zero-order chi connectivity index (χ0) is 12.6. The maximum atomic E-state index is 12.3. The molecule has 0 aliphatic heterocycles. The first kappa shape index (κ1) is 12.5. The van der Waals surface area contributed by atoms with E-state index in [-0.39, 0.29) is 6.07 Å². The molecule has 1 aromatic rings. The summed E-state index contributed by atoms with van der Waals surface area (Å²) in [5.41, 5.74) is -5.04. The van der Waals surface area contributed by atoms with Gasteiger partial charge in [0.15, 0.2) is 0 Å². The second-order valence-electron chi connectivity index (χ2n) is 2.83. The van der Waals surface area contributed by atoms with Gasteiger partial charge in [-0.3, -0.25) is 4.79 Å². The molecule has 1 radical (unpaired) electrons. The Bertz CT molecular complexity index is 403. The first-order chi connectivity index (χ1) is 7.18. The Morgan fingerprint density at radius 2 is 1.50 bits per heavy atom. The highest BCUT2D eigenvalue weighted by Crippen LogP contribution is 2.41. The molecule has 0 atom stereocenters. The van der Waals surface area contributed by atoms with Gasteiger partial charge >= 0.3 is 12.4 Å². The SMILES string of the molecule is O=[C]c1cccc(C(F)(F)F)c1C(F)(F)F. The zero-order valence-corrected chi connectivity index (χ0v) is 7.41. The smallest absolute Gasteiger partial charge is 0.285 e. The molecule has 1 rings (SSSR count). The van der Waals surface area contributed by atoms with Crippen LogP contribution >= 0.6 is 0 Å². The molecule has 0 aliphatic carbocycles. The summed E-state index contributed by atoms with van der Waals surface area (Å²) < 4.78 is 73.8. The van der Waals surface area contributed by atoms with E-state index in [0.29, 0.717) is 6.07 Å². The molecule has 0 saturated carbocycles. The minimum Gasteiger partial charge on any atom is -0.285 e. The van der Waals surface area contributed by atoms with Crippen LogP contribution in [0.15, 0.2) is 18.2 Å². The van der Waals surface area contributed by atoms with Crippen molar-refractivity contribution in [2.45, 2.75) is 12.4 Å². The fourth-order valence-electron chi connectivity index (χ4n) is 1.18. The van der Waals surface area contributed by atoms with Crippen molar-refractivity contribution in [1.29, 1.82) is 0 Å². The van der Waals surface area contributed by atoms with E-state index in [0.717, 1.165) is 12.4 Å². The molecule has 0 saturated heterocycles. The molecule has 0 amide bonds. The lowest BCUT2D eigenvalue weighted by Gasteiger charge is -2.16. The third-order valence-electron chi connectivity index (χ3n) is 1.76.